The van der Waals surface area contributed by atoms with Gasteiger partial charge < -0.3 is 5.32 Å². The molecule has 0 bridgehead atoms. The molecule has 2 rings (SSSR count). The van der Waals surface area contributed by atoms with Crippen LogP contribution in [-0.2, 0) is 0 Å². The summed E-state index contributed by atoms with van der Waals surface area (Å²) in [6.07, 6.45) is 1.12. The predicted molar refractivity (Wildman–Crippen MR) is 93.4 cm³/mol. The average molecular weight is 406 g/mol. The maximum Gasteiger partial charge on any atom is 0.0961 e. The zero-order valence-corrected chi connectivity index (χ0v) is 14.8. The fourth-order valence-electron chi connectivity index (χ4n) is 1.98. The second-order valence-corrected chi connectivity index (χ2v) is 7.48. The standard InChI is InChI=1S/C15H17ClINS/c1-3-7-18-14(11-5-4-6-12(17)9-11)13-8-10(2)15(16)19-13/h4-6,8-9,14,18H,3,7H2,1-2H3. The second-order valence-electron chi connectivity index (χ2n) is 4.55. The maximum atomic E-state index is 6.22. The largest absolute Gasteiger partial charge is 0.306 e. The molecule has 102 valence electrons. The third-order valence-electron chi connectivity index (χ3n) is 2.94. The van der Waals surface area contributed by atoms with Gasteiger partial charge in [0.1, 0.15) is 0 Å². The summed E-state index contributed by atoms with van der Waals surface area (Å²) in [5.74, 6) is 0. The lowest BCUT2D eigenvalue weighted by Gasteiger charge is -2.18. The predicted octanol–water partition coefficient (Wildman–Crippen LogP) is 5.40. The van der Waals surface area contributed by atoms with Gasteiger partial charge in [-0.1, -0.05) is 30.7 Å². The lowest BCUT2D eigenvalue weighted by molar-refractivity contribution is 0.605. The molecule has 1 atom stereocenters. The van der Waals surface area contributed by atoms with Crippen LogP contribution in [0.4, 0.5) is 0 Å². The topological polar surface area (TPSA) is 12.0 Å². The Morgan fingerprint density at radius 3 is 2.74 bits per heavy atom. The number of benzene rings is 1. The van der Waals surface area contributed by atoms with Crippen molar-refractivity contribution in [2.45, 2.75) is 26.3 Å². The number of rotatable bonds is 5. The van der Waals surface area contributed by atoms with Gasteiger partial charge in [0, 0.05) is 8.45 Å². The summed E-state index contributed by atoms with van der Waals surface area (Å²) in [7, 11) is 0. The molecule has 0 fully saturated rings. The van der Waals surface area contributed by atoms with E-state index in [1.165, 1.54) is 14.0 Å². The molecule has 2 aromatic rings. The van der Waals surface area contributed by atoms with Gasteiger partial charge in [0.2, 0.25) is 0 Å². The summed E-state index contributed by atoms with van der Waals surface area (Å²) in [4.78, 5) is 1.29. The maximum absolute atomic E-state index is 6.22. The summed E-state index contributed by atoms with van der Waals surface area (Å²) < 4.78 is 2.15. The average Bonchev–Trinajstić information content (AvgIpc) is 2.70. The lowest BCUT2D eigenvalue weighted by Crippen LogP contribution is -2.22. The number of thiophene rings is 1. The van der Waals surface area contributed by atoms with Crippen LogP contribution in [0, 0.1) is 10.5 Å². The van der Waals surface area contributed by atoms with Crippen molar-refractivity contribution in [1.29, 1.82) is 0 Å². The van der Waals surface area contributed by atoms with Crippen LogP contribution >= 0.6 is 45.5 Å². The number of halogens is 2. The Hall–Kier alpha value is -0.100. The Morgan fingerprint density at radius 1 is 1.37 bits per heavy atom. The van der Waals surface area contributed by atoms with Crippen LogP contribution in [0.15, 0.2) is 30.3 Å². The first-order chi connectivity index (χ1) is 9.11. The van der Waals surface area contributed by atoms with Crippen molar-refractivity contribution in [2.75, 3.05) is 6.54 Å². The van der Waals surface area contributed by atoms with Crippen LogP contribution in [0.5, 0.6) is 0 Å². The third kappa shape index (κ3) is 3.94. The highest BCUT2D eigenvalue weighted by Crippen LogP contribution is 2.34. The van der Waals surface area contributed by atoms with E-state index < -0.39 is 0 Å². The Balaban J connectivity index is 2.35. The smallest absolute Gasteiger partial charge is 0.0961 e. The molecule has 1 aromatic carbocycles. The Labute approximate surface area is 137 Å². The molecule has 0 saturated carbocycles. The second kappa shape index (κ2) is 7.07. The van der Waals surface area contributed by atoms with Crippen LogP contribution in [0.3, 0.4) is 0 Å². The monoisotopic (exact) mass is 405 g/mol. The molecule has 0 radical (unpaired) electrons. The van der Waals surface area contributed by atoms with E-state index in [9.17, 15) is 0 Å². The van der Waals surface area contributed by atoms with Crippen molar-refractivity contribution >= 4 is 45.5 Å². The van der Waals surface area contributed by atoms with E-state index >= 15 is 0 Å². The van der Waals surface area contributed by atoms with Crippen LogP contribution in [0.25, 0.3) is 0 Å². The van der Waals surface area contributed by atoms with Gasteiger partial charge in [-0.3, -0.25) is 0 Å². The fraction of sp³-hybridized carbons (Fsp3) is 0.333. The highest BCUT2D eigenvalue weighted by molar-refractivity contribution is 14.1. The minimum atomic E-state index is 0.242. The Kier molecular flexibility index (Phi) is 5.69. The van der Waals surface area contributed by atoms with Crippen molar-refractivity contribution in [3.8, 4) is 0 Å². The molecule has 1 unspecified atom stereocenters. The van der Waals surface area contributed by atoms with E-state index in [4.69, 9.17) is 11.6 Å². The van der Waals surface area contributed by atoms with E-state index in [0.717, 1.165) is 22.9 Å². The zero-order valence-electron chi connectivity index (χ0n) is 11.0. The van der Waals surface area contributed by atoms with Gasteiger partial charge in [-0.15, -0.1) is 11.3 Å². The first-order valence-electron chi connectivity index (χ1n) is 6.36. The molecule has 1 aromatic heterocycles. The molecule has 1 heterocycles. The van der Waals surface area contributed by atoms with E-state index in [2.05, 4.69) is 72.1 Å². The molecule has 0 aliphatic carbocycles. The van der Waals surface area contributed by atoms with Gasteiger partial charge in [0.05, 0.1) is 10.4 Å². The van der Waals surface area contributed by atoms with Crippen molar-refractivity contribution < 1.29 is 0 Å². The van der Waals surface area contributed by atoms with Crippen LogP contribution in [-0.4, -0.2) is 6.54 Å². The van der Waals surface area contributed by atoms with Crippen LogP contribution in [0.1, 0.15) is 35.4 Å². The summed E-state index contributed by atoms with van der Waals surface area (Å²) in [5.41, 5.74) is 2.47. The quantitative estimate of drug-likeness (QED) is 0.656. The number of nitrogens with one attached hydrogen (secondary N) is 1. The number of aryl methyl sites for hydroxylation is 1. The highest BCUT2D eigenvalue weighted by atomic mass is 127. The summed E-state index contributed by atoms with van der Waals surface area (Å²) in [6.45, 7) is 5.25. The third-order valence-corrected chi connectivity index (χ3v) is 5.23. The van der Waals surface area contributed by atoms with Gasteiger partial charge in [0.15, 0.2) is 0 Å². The summed E-state index contributed by atoms with van der Waals surface area (Å²) >= 11 is 10.2. The molecule has 1 N–H and O–H groups in total. The van der Waals surface area contributed by atoms with E-state index in [0.29, 0.717) is 0 Å². The Bertz CT molecular complexity index is 533. The van der Waals surface area contributed by atoms with Gasteiger partial charge in [-0.05, 0) is 71.8 Å². The SMILES string of the molecule is CCCNC(c1cccc(I)c1)c1cc(C)c(Cl)s1. The van der Waals surface area contributed by atoms with Crippen molar-refractivity contribution in [3.63, 3.8) is 0 Å². The first kappa shape index (κ1) is 15.3. The van der Waals surface area contributed by atoms with E-state index in [1.54, 1.807) is 11.3 Å². The van der Waals surface area contributed by atoms with Gasteiger partial charge >= 0.3 is 0 Å². The normalized spacial score (nSPS) is 12.6. The van der Waals surface area contributed by atoms with Crippen LogP contribution < -0.4 is 5.32 Å². The fourth-order valence-corrected chi connectivity index (χ4v) is 3.87. The molecule has 19 heavy (non-hydrogen) atoms. The molecule has 0 saturated heterocycles. The minimum Gasteiger partial charge on any atom is -0.306 e. The van der Waals surface area contributed by atoms with Crippen LogP contribution in [0.2, 0.25) is 4.34 Å². The number of hydrogen-bond acceptors (Lipinski definition) is 2. The summed E-state index contributed by atoms with van der Waals surface area (Å²) in [5, 5.41) is 3.62. The van der Waals surface area contributed by atoms with Gasteiger partial charge in [0.25, 0.3) is 0 Å². The molecular formula is C15H17ClINS. The van der Waals surface area contributed by atoms with E-state index in [-0.39, 0.29) is 6.04 Å². The zero-order chi connectivity index (χ0) is 13.8. The van der Waals surface area contributed by atoms with Crippen molar-refractivity contribution in [3.05, 3.63) is 54.2 Å². The molecular weight excluding hydrogens is 389 g/mol. The first-order valence-corrected chi connectivity index (χ1v) is 8.63. The number of hydrogen-bond donors (Lipinski definition) is 1. The van der Waals surface area contributed by atoms with Gasteiger partial charge in [-0.2, -0.15) is 0 Å². The van der Waals surface area contributed by atoms with Crippen molar-refractivity contribution in [2.24, 2.45) is 0 Å². The molecule has 1 nitrogen and oxygen atoms in total. The van der Waals surface area contributed by atoms with Crippen molar-refractivity contribution in [1.82, 2.24) is 5.32 Å². The van der Waals surface area contributed by atoms with E-state index in [1.807, 2.05) is 0 Å². The molecule has 0 aliphatic rings. The molecule has 0 spiro atoms. The molecule has 0 aliphatic heterocycles. The molecule has 4 heteroatoms. The highest BCUT2D eigenvalue weighted by Gasteiger charge is 2.17. The minimum absolute atomic E-state index is 0.242. The van der Waals surface area contributed by atoms with Gasteiger partial charge in [-0.25, -0.2) is 0 Å². The lowest BCUT2D eigenvalue weighted by atomic mass is 10.0. The Morgan fingerprint density at radius 2 is 2.16 bits per heavy atom. The molecule has 0 amide bonds. The summed E-state index contributed by atoms with van der Waals surface area (Å²) in [6, 6.07) is 11.1.